The maximum absolute atomic E-state index is 11.6. The maximum Gasteiger partial charge on any atom is 0.237 e. The molecule has 0 heterocycles. The lowest BCUT2D eigenvalue weighted by atomic mass is 9.85. The van der Waals surface area contributed by atoms with Crippen molar-refractivity contribution in [1.82, 2.24) is 5.32 Å². The minimum atomic E-state index is -0.566. The monoisotopic (exact) mass is 240 g/mol. The van der Waals surface area contributed by atoms with Crippen molar-refractivity contribution in [2.45, 2.75) is 77.3 Å². The Morgan fingerprint density at radius 3 is 2.06 bits per heavy atom. The summed E-state index contributed by atoms with van der Waals surface area (Å²) in [5.41, 5.74) is 4.99. The number of primary amides is 1. The van der Waals surface area contributed by atoms with Crippen LogP contribution in [0.2, 0.25) is 0 Å². The van der Waals surface area contributed by atoms with Crippen LogP contribution in [0.1, 0.15) is 65.7 Å². The fourth-order valence-electron chi connectivity index (χ4n) is 2.55. The van der Waals surface area contributed by atoms with Crippen molar-refractivity contribution in [3.8, 4) is 0 Å². The van der Waals surface area contributed by atoms with E-state index in [0.717, 1.165) is 0 Å². The van der Waals surface area contributed by atoms with Gasteiger partial charge >= 0.3 is 0 Å². The van der Waals surface area contributed by atoms with Gasteiger partial charge in [-0.3, -0.25) is 4.79 Å². The molecule has 1 rings (SSSR count). The molecule has 0 saturated heterocycles. The molecule has 0 spiro atoms. The molecular formula is C14H28N2O. The fourth-order valence-corrected chi connectivity index (χ4v) is 2.55. The van der Waals surface area contributed by atoms with Crippen molar-refractivity contribution in [1.29, 1.82) is 0 Å². The number of nitrogens with two attached hydrogens (primary N) is 1. The third-order valence-electron chi connectivity index (χ3n) is 4.28. The van der Waals surface area contributed by atoms with Gasteiger partial charge in [0.05, 0.1) is 5.54 Å². The Labute approximate surface area is 106 Å². The molecule has 0 aromatic carbocycles. The van der Waals surface area contributed by atoms with E-state index in [-0.39, 0.29) is 11.8 Å². The van der Waals surface area contributed by atoms with E-state index in [0.29, 0.717) is 6.04 Å². The summed E-state index contributed by atoms with van der Waals surface area (Å²) in [6.07, 6.45) is 8.91. The summed E-state index contributed by atoms with van der Waals surface area (Å²) in [6, 6.07) is 0.454. The van der Waals surface area contributed by atoms with E-state index in [9.17, 15) is 4.79 Å². The summed E-state index contributed by atoms with van der Waals surface area (Å²) >= 11 is 0. The van der Waals surface area contributed by atoms with Crippen LogP contribution in [0.25, 0.3) is 0 Å². The molecule has 1 atom stereocenters. The van der Waals surface area contributed by atoms with E-state index < -0.39 is 5.54 Å². The zero-order chi connectivity index (χ0) is 12.9. The average Bonchev–Trinajstić information content (AvgIpc) is 2.21. The largest absolute Gasteiger partial charge is 0.368 e. The molecule has 3 heteroatoms. The number of hydrogen-bond acceptors (Lipinski definition) is 2. The van der Waals surface area contributed by atoms with Gasteiger partial charge in [-0.25, -0.2) is 0 Å². The van der Waals surface area contributed by atoms with E-state index in [4.69, 9.17) is 5.73 Å². The standard InChI is InChI=1S/C14H28N2O/c1-11(2)14(3,13(15)17)16-12-9-7-5-4-6-8-10-12/h11-12,16H,4-10H2,1-3H3,(H2,15,17). The third kappa shape index (κ3) is 3.98. The Balaban J connectivity index is 2.61. The van der Waals surface area contributed by atoms with Gasteiger partial charge in [-0.05, 0) is 25.7 Å². The van der Waals surface area contributed by atoms with E-state index in [2.05, 4.69) is 19.2 Å². The number of hydrogen-bond donors (Lipinski definition) is 2. The second-order valence-corrected chi connectivity index (χ2v) is 5.91. The zero-order valence-corrected chi connectivity index (χ0v) is 11.6. The number of rotatable bonds is 4. The van der Waals surface area contributed by atoms with Gasteiger partial charge in [0, 0.05) is 6.04 Å². The quantitative estimate of drug-likeness (QED) is 0.793. The molecule has 1 fully saturated rings. The number of carbonyl (C=O) groups is 1. The first-order valence-electron chi connectivity index (χ1n) is 7.04. The summed E-state index contributed by atoms with van der Waals surface area (Å²) < 4.78 is 0. The summed E-state index contributed by atoms with van der Waals surface area (Å²) in [4.78, 5) is 11.6. The fraction of sp³-hybridized carbons (Fsp3) is 0.929. The zero-order valence-electron chi connectivity index (χ0n) is 11.6. The minimum Gasteiger partial charge on any atom is -0.368 e. The van der Waals surface area contributed by atoms with Gasteiger partial charge in [-0.2, -0.15) is 0 Å². The third-order valence-corrected chi connectivity index (χ3v) is 4.28. The van der Waals surface area contributed by atoms with Gasteiger partial charge in [-0.1, -0.05) is 46.0 Å². The first kappa shape index (κ1) is 14.5. The van der Waals surface area contributed by atoms with Gasteiger partial charge in [-0.15, -0.1) is 0 Å². The molecule has 0 aromatic rings. The van der Waals surface area contributed by atoms with Crippen molar-refractivity contribution in [3.05, 3.63) is 0 Å². The number of nitrogens with one attached hydrogen (secondary N) is 1. The Hall–Kier alpha value is -0.570. The van der Waals surface area contributed by atoms with Crippen molar-refractivity contribution in [2.75, 3.05) is 0 Å². The number of carbonyl (C=O) groups excluding carboxylic acids is 1. The predicted octanol–water partition coefficient (Wildman–Crippen LogP) is 2.59. The lowest BCUT2D eigenvalue weighted by Crippen LogP contribution is -2.59. The lowest BCUT2D eigenvalue weighted by Gasteiger charge is -2.36. The SMILES string of the molecule is CC(C)C(C)(NC1CCCCCCC1)C(N)=O. The van der Waals surface area contributed by atoms with E-state index in [1.165, 1.54) is 44.9 Å². The van der Waals surface area contributed by atoms with Crippen LogP contribution < -0.4 is 11.1 Å². The summed E-state index contributed by atoms with van der Waals surface area (Å²) in [5, 5.41) is 3.52. The van der Waals surface area contributed by atoms with Crippen LogP contribution in [-0.4, -0.2) is 17.5 Å². The Morgan fingerprint density at radius 2 is 1.65 bits per heavy atom. The van der Waals surface area contributed by atoms with Crippen LogP contribution in [0.3, 0.4) is 0 Å². The van der Waals surface area contributed by atoms with Crippen LogP contribution in [0.5, 0.6) is 0 Å². The van der Waals surface area contributed by atoms with E-state index in [1.807, 2.05) is 6.92 Å². The summed E-state index contributed by atoms with van der Waals surface area (Å²) in [6.45, 7) is 6.06. The minimum absolute atomic E-state index is 0.227. The number of amides is 1. The molecule has 0 radical (unpaired) electrons. The average molecular weight is 240 g/mol. The van der Waals surface area contributed by atoms with Gasteiger partial charge < -0.3 is 11.1 Å². The molecule has 1 unspecified atom stereocenters. The molecule has 3 N–H and O–H groups in total. The molecule has 1 saturated carbocycles. The Bertz CT molecular complexity index is 245. The highest BCUT2D eigenvalue weighted by Crippen LogP contribution is 2.22. The Kier molecular flexibility index (Phi) is 5.44. The van der Waals surface area contributed by atoms with Crippen LogP contribution in [0.4, 0.5) is 0 Å². The second-order valence-electron chi connectivity index (χ2n) is 5.91. The van der Waals surface area contributed by atoms with Gasteiger partial charge in [0.25, 0.3) is 0 Å². The van der Waals surface area contributed by atoms with Gasteiger partial charge in [0.2, 0.25) is 5.91 Å². The molecule has 100 valence electrons. The molecule has 1 aliphatic carbocycles. The van der Waals surface area contributed by atoms with Crippen LogP contribution in [0, 0.1) is 5.92 Å². The van der Waals surface area contributed by atoms with Gasteiger partial charge in [0.1, 0.15) is 0 Å². The highest BCUT2D eigenvalue weighted by Gasteiger charge is 2.36. The topological polar surface area (TPSA) is 55.1 Å². The van der Waals surface area contributed by atoms with Crippen molar-refractivity contribution in [3.63, 3.8) is 0 Å². The lowest BCUT2D eigenvalue weighted by molar-refractivity contribution is -0.125. The normalized spacial score (nSPS) is 22.8. The highest BCUT2D eigenvalue weighted by molar-refractivity contribution is 5.84. The van der Waals surface area contributed by atoms with Crippen LogP contribution >= 0.6 is 0 Å². The first-order chi connectivity index (χ1) is 7.97. The maximum atomic E-state index is 11.6. The smallest absolute Gasteiger partial charge is 0.237 e. The molecule has 17 heavy (non-hydrogen) atoms. The molecule has 1 aliphatic rings. The molecule has 0 bridgehead atoms. The van der Waals surface area contributed by atoms with E-state index >= 15 is 0 Å². The Morgan fingerprint density at radius 1 is 1.18 bits per heavy atom. The van der Waals surface area contributed by atoms with Crippen LogP contribution in [-0.2, 0) is 4.79 Å². The molecule has 1 amide bonds. The van der Waals surface area contributed by atoms with E-state index in [1.54, 1.807) is 0 Å². The second kappa shape index (κ2) is 6.39. The molecular weight excluding hydrogens is 212 g/mol. The van der Waals surface area contributed by atoms with Crippen molar-refractivity contribution >= 4 is 5.91 Å². The summed E-state index contributed by atoms with van der Waals surface area (Å²) in [5.74, 6) is -0.000000000000000222. The highest BCUT2D eigenvalue weighted by atomic mass is 16.1. The van der Waals surface area contributed by atoms with Crippen molar-refractivity contribution in [2.24, 2.45) is 11.7 Å². The predicted molar refractivity (Wildman–Crippen MR) is 71.7 cm³/mol. The molecule has 3 nitrogen and oxygen atoms in total. The first-order valence-corrected chi connectivity index (χ1v) is 7.04. The van der Waals surface area contributed by atoms with Gasteiger partial charge in [0.15, 0.2) is 0 Å². The van der Waals surface area contributed by atoms with Crippen molar-refractivity contribution < 1.29 is 4.79 Å². The molecule has 0 aliphatic heterocycles. The summed E-state index contributed by atoms with van der Waals surface area (Å²) in [7, 11) is 0. The molecule has 0 aromatic heterocycles. The van der Waals surface area contributed by atoms with Crippen LogP contribution in [0.15, 0.2) is 0 Å².